The second-order valence-electron chi connectivity index (χ2n) is 4.87. The van der Waals surface area contributed by atoms with Crippen molar-refractivity contribution < 1.29 is 19.1 Å². The highest BCUT2D eigenvalue weighted by atomic mass is 32.2. The lowest BCUT2D eigenvalue weighted by Crippen LogP contribution is -2.35. The van der Waals surface area contributed by atoms with Crippen molar-refractivity contribution in [3.63, 3.8) is 0 Å². The maximum atomic E-state index is 11.9. The smallest absolute Gasteiger partial charge is 0.325 e. The van der Waals surface area contributed by atoms with Crippen LogP contribution < -0.4 is 20.1 Å². The number of carbonyl (C=O) groups is 2. The van der Waals surface area contributed by atoms with Crippen LogP contribution in [0.4, 0.5) is 10.5 Å². The van der Waals surface area contributed by atoms with E-state index in [1.807, 2.05) is 0 Å². The Balaban J connectivity index is 1.50. The Hall–Kier alpha value is -2.75. The lowest BCUT2D eigenvalue weighted by Gasteiger charge is -2.19. The Kier molecular flexibility index (Phi) is 4.85. The van der Waals surface area contributed by atoms with Crippen LogP contribution in [-0.4, -0.2) is 45.7 Å². The topological polar surface area (TPSA) is 107 Å². The lowest BCUT2D eigenvalue weighted by atomic mass is 10.2. The van der Waals surface area contributed by atoms with E-state index < -0.39 is 11.9 Å². The number of urea groups is 1. The molecule has 0 spiro atoms. The fourth-order valence-corrected chi connectivity index (χ4v) is 2.67. The number of imide groups is 1. The zero-order valence-electron chi connectivity index (χ0n) is 12.8. The van der Waals surface area contributed by atoms with E-state index in [1.165, 1.54) is 18.1 Å². The molecule has 126 valence electrons. The van der Waals surface area contributed by atoms with Crippen molar-refractivity contribution in [2.75, 3.05) is 24.3 Å². The molecule has 0 saturated heterocycles. The molecule has 2 aromatic rings. The summed E-state index contributed by atoms with van der Waals surface area (Å²) in [5.41, 5.74) is 0.505. The molecule has 3 amide bonds. The van der Waals surface area contributed by atoms with E-state index in [-0.39, 0.29) is 5.75 Å². The average Bonchev–Trinajstić information content (AvgIpc) is 2.98. The minimum absolute atomic E-state index is 0.0566. The Bertz CT molecular complexity index is 763. The first-order chi connectivity index (χ1) is 11.6. The van der Waals surface area contributed by atoms with E-state index >= 15 is 0 Å². The van der Waals surface area contributed by atoms with Gasteiger partial charge in [-0.2, -0.15) is 0 Å². The number of ether oxygens (including phenoxy) is 2. The fourth-order valence-electron chi connectivity index (χ4n) is 1.98. The standard InChI is InChI=1S/C14H15N5O4S/c1-19-8-15-18-14(19)24-7-12(20)17-13(21)16-9-2-3-10-11(6-9)23-5-4-22-10/h2-3,6,8H,4-5,7H2,1H3,(H2,16,17,20,21). The van der Waals surface area contributed by atoms with E-state index in [0.717, 1.165) is 0 Å². The van der Waals surface area contributed by atoms with Crippen LogP contribution in [0.5, 0.6) is 11.5 Å². The number of aromatic nitrogens is 3. The van der Waals surface area contributed by atoms with Gasteiger partial charge in [-0.3, -0.25) is 10.1 Å². The van der Waals surface area contributed by atoms with Crippen molar-refractivity contribution >= 4 is 29.4 Å². The van der Waals surface area contributed by atoms with Gasteiger partial charge in [0.1, 0.15) is 19.5 Å². The predicted octanol–water partition coefficient (Wildman–Crippen LogP) is 1.03. The number of fused-ring (bicyclic) bond motifs is 1. The van der Waals surface area contributed by atoms with Crippen molar-refractivity contribution in [2.45, 2.75) is 5.16 Å². The normalized spacial score (nSPS) is 12.5. The zero-order chi connectivity index (χ0) is 16.9. The van der Waals surface area contributed by atoms with Crippen molar-refractivity contribution in [3.05, 3.63) is 24.5 Å². The molecule has 1 aliphatic heterocycles. The van der Waals surface area contributed by atoms with E-state index in [9.17, 15) is 9.59 Å². The Morgan fingerprint density at radius 2 is 2.08 bits per heavy atom. The number of carbonyl (C=O) groups excluding carboxylic acids is 2. The maximum absolute atomic E-state index is 11.9. The van der Waals surface area contributed by atoms with E-state index in [4.69, 9.17) is 9.47 Å². The second kappa shape index (κ2) is 7.21. The molecule has 1 aromatic carbocycles. The number of benzene rings is 1. The third kappa shape index (κ3) is 3.96. The van der Waals surface area contributed by atoms with Gasteiger partial charge in [0.15, 0.2) is 16.7 Å². The van der Waals surface area contributed by atoms with Gasteiger partial charge in [0.25, 0.3) is 0 Å². The van der Waals surface area contributed by atoms with Gasteiger partial charge in [-0.05, 0) is 12.1 Å². The van der Waals surface area contributed by atoms with Crippen LogP contribution in [0.2, 0.25) is 0 Å². The Morgan fingerprint density at radius 3 is 2.83 bits per heavy atom. The quantitative estimate of drug-likeness (QED) is 0.794. The summed E-state index contributed by atoms with van der Waals surface area (Å²) in [7, 11) is 1.77. The molecule has 2 N–H and O–H groups in total. The molecular weight excluding hydrogens is 334 g/mol. The van der Waals surface area contributed by atoms with Gasteiger partial charge in [-0.1, -0.05) is 11.8 Å². The first-order valence-electron chi connectivity index (χ1n) is 7.09. The first-order valence-corrected chi connectivity index (χ1v) is 8.07. The number of anilines is 1. The van der Waals surface area contributed by atoms with Crippen LogP contribution in [0.1, 0.15) is 0 Å². The van der Waals surface area contributed by atoms with Crippen molar-refractivity contribution in [1.29, 1.82) is 0 Å². The van der Waals surface area contributed by atoms with Gasteiger partial charge in [0, 0.05) is 18.8 Å². The average molecular weight is 349 g/mol. The lowest BCUT2D eigenvalue weighted by molar-refractivity contribution is -0.117. The minimum Gasteiger partial charge on any atom is -0.486 e. The fraction of sp³-hybridized carbons (Fsp3) is 0.286. The van der Waals surface area contributed by atoms with E-state index in [2.05, 4.69) is 20.8 Å². The summed E-state index contributed by atoms with van der Waals surface area (Å²) in [6, 6.07) is 4.41. The minimum atomic E-state index is -0.616. The summed E-state index contributed by atoms with van der Waals surface area (Å²) in [5.74, 6) is 0.811. The van der Waals surface area contributed by atoms with Gasteiger partial charge in [0.05, 0.1) is 5.75 Å². The highest BCUT2D eigenvalue weighted by Crippen LogP contribution is 2.32. The molecule has 0 fully saturated rings. The van der Waals surface area contributed by atoms with Crippen LogP contribution in [0, 0.1) is 0 Å². The number of thioether (sulfide) groups is 1. The van der Waals surface area contributed by atoms with Crippen LogP contribution in [0.25, 0.3) is 0 Å². The number of amides is 3. The highest BCUT2D eigenvalue weighted by molar-refractivity contribution is 7.99. The van der Waals surface area contributed by atoms with Crippen LogP contribution >= 0.6 is 11.8 Å². The molecule has 3 rings (SSSR count). The number of aryl methyl sites for hydroxylation is 1. The number of rotatable bonds is 4. The van der Waals surface area contributed by atoms with Gasteiger partial charge in [0.2, 0.25) is 5.91 Å². The molecule has 0 radical (unpaired) electrons. The highest BCUT2D eigenvalue weighted by Gasteiger charge is 2.14. The molecule has 0 atom stereocenters. The molecule has 0 bridgehead atoms. The molecule has 2 heterocycles. The predicted molar refractivity (Wildman–Crippen MR) is 86.3 cm³/mol. The van der Waals surface area contributed by atoms with E-state index in [1.54, 1.807) is 29.8 Å². The molecule has 0 saturated carbocycles. The van der Waals surface area contributed by atoms with Gasteiger partial charge >= 0.3 is 6.03 Å². The van der Waals surface area contributed by atoms with Crippen molar-refractivity contribution in [2.24, 2.45) is 7.05 Å². The molecule has 24 heavy (non-hydrogen) atoms. The molecule has 1 aromatic heterocycles. The molecular formula is C14H15N5O4S. The third-order valence-electron chi connectivity index (χ3n) is 3.06. The number of nitrogens with one attached hydrogen (secondary N) is 2. The maximum Gasteiger partial charge on any atom is 0.325 e. The van der Waals surface area contributed by atoms with Crippen LogP contribution in [0.3, 0.4) is 0 Å². The van der Waals surface area contributed by atoms with Crippen LogP contribution in [0.15, 0.2) is 29.7 Å². The van der Waals surface area contributed by atoms with Gasteiger partial charge in [-0.15, -0.1) is 10.2 Å². The second-order valence-corrected chi connectivity index (χ2v) is 5.82. The summed E-state index contributed by atoms with van der Waals surface area (Å²) in [6.07, 6.45) is 1.54. The summed E-state index contributed by atoms with van der Waals surface area (Å²) >= 11 is 1.19. The first kappa shape index (κ1) is 16.1. The number of nitrogens with zero attached hydrogens (tertiary/aromatic N) is 3. The molecule has 1 aliphatic rings. The number of hydrogen-bond acceptors (Lipinski definition) is 7. The number of hydrogen-bond donors (Lipinski definition) is 2. The van der Waals surface area contributed by atoms with Crippen molar-refractivity contribution in [3.8, 4) is 11.5 Å². The summed E-state index contributed by atoms with van der Waals surface area (Å²) in [6.45, 7) is 0.957. The summed E-state index contributed by atoms with van der Waals surface area (Å²) in [5, 5.41) is 13.0. The Labute approximate surface area is 141 Å². The zero-order valence-corrected chi connectivity index (χ0v) is 13.6. The Morgan fingerprint density at radius 1 is 1.29 bits per heavy atom. The summed E-state index contributed by atoms with van der Waals surface area (Å²) in [4.78, 5) is 23.6. The molecule has 10 heteroatoms. The molecule has 0 unspecified atom stereocenters. The SMILES string of the molecule is Cn1cnnc1SCC(=O)NC(=O)Nc1ccc2c(c1)OCCO2. The van der Waals surface area contributed by atoms with Crippen LogP contribution in [-0.2, 0) is 11.8 Å². The molecule has 9 nitrogen and oxygen atoms in total. The van der Waals surface area contributed by atoms with Gasteiger partial charge < -0.3 is 19.4 Å². The van der Waals surface area contributed by atoms with Gasteiger partial charge in [-0.25, -0.2) is 4.79 Å². The van der Waals surface area contributed by atoms with Crippen molar-refractivity contribution in [1.82, 2.24) is 20.1 Å². The third-order valence-corrected chi connectivity index (χ3v) is 4.09. The summed E-state index contributed by atoms with van der Waals surface area (Å²) < 4.78 is 12.5. The largest absolute Gasteiger partial charge is 0.486 e. The monoisotopic (exact) mass is 349 g/mol. The van der Waals surface area contributed by atoms with E-state index in [0.29, 0.717) is 35.6 Å². The molecule has 0 aliphatic carbocycles.